The lowest BCUT2D eigenvalue weighted by Crippen LogP contribution is -2.26. The number of benzene rings is 11. The van der Waals surface area contributed by atoms with Gasteiger partial charge in [0.2, 0.25) is 0 Å². The van der Waals surface area contributed by atoms with Crippen molar-refractivity contribution in [3.8, 4) is 22.3 Å². The summed E-state index contributed by atoms with van der Waals surface area (Å²) >= 11 is 0. The molecule has 7 nitrogen and oxygen atoms in total. The van der Waals surface area contributed by atoms with Crippen LogP contribution in [0.4, 0.5) is 34.1 Å². The number of pyridine rings is 2. The highest BCUT2D eigenvalue weighted by Gasteiger charge is 2.56. The molecule has 0 saturated heterocycles. The average Bonchev–Trinajstić information content (AvgIpc) is 2.46. The smallest absolute Gasteiger partial charge is 0.159 e. The zero-order chi connectivity index (χ0) is 52.2. The van der Waals surface area contributed by atoms with Gasteiger partial charge in [-0.1, -0.05) is 158 Å². The van der Waals surface area contributed by atoms with Gasteiger partial charge < -0.3 is 23.1 Å². The van der Waals surface area contributed by atoms with Gasteiger partial charge in [-0.15, -0.1) is 0 Å². The van der Waals surface area contributed by atoms with E-state index in [9.17, 15) is 0 Å². The lowest BCUT2D eigenvalue weighted by atomic mass is 9.68. The summed E-state index contributed by atoms with van der Waals surface area (Å²) in [4.78, 5) is 13.8. The van der Waals surface area contributed by atoms with Gasteiger partial charge in [-0.25, -0.2) is 0 Å². The molecule has 0 unspecified atom stereocenters. The Morgan fingerprint density at radius 3 is 1.49 bits per heavy atom. The number of anilines is 6. The number of furan rings is 3. The average molecular weight is 1020 g/mol. The van der Waals surface area contributed by atoms with Crippen LogP contribution in [0, 0.1) is 0 Å². The number of rotatable bonds is 6. The Balaban J connectivity index is 1.02. The summed E-state index contributed by atoms with van der Waals surface area (Å²) in [6.45, 7) is 0. The van der Waals surface area contributed by atoms with Crippen LogP contribution in [-0.4, -0.2) is 9.97 Å². The molecule has 7 heteroatoms. The van der Waals surface area contributed by atoms with Gasteiger partial charge in [0.1, 0.15) is 22.3 Å². The van der Waals surface area contributed by atoms with Crippen LogP contribution in [0.5, 0.6) is 0 Å². The first-order valence-corrected chi connectivity index (χ1v) is 27.1. The molecule has 2 aliphatic carbocycles. The standard InChI is InChI=1S/C73H42N4O3/c1-3-17-43(18-4-1)76(60-30-15-26-52-56-41-74-37-35-64(56)78-70(52)60)45-33-34-51-54(39-45)46-21-7-8-25-50(46)66-67-62(77(44-19-5-2-6-20-44)61-31-16-27-53-57-42-75-38-36-65(57)79-71(53)61)40-55-49-24-11-14-32-63(49)80-72(55)69(67)73(68(51)66)58-28-12-9-22-47(58)48-23-10-13-29-59(48)73/h1-42H. The molecule has 18 rings (SSSR count). The lowest BCUT2D eigenvalue weighted by Gasteiger charge is -2.33. The molecule has 0 radical (unpaired) electrons. The largest absolute Gasteiger partial charge is 0.456 e. The highest BCUT2D eigenvalue weighted by molar-refractivity contribution is 6.26. The van der Waals surface area contributed by atoms with Crippen LogP contribution in [-0.2, 0) is 5.41 Å². The zero-order valence-corrected chi connectivity index (χ0v) is 42.8. The predicted octanol–water partition coefficient (Wildman–Crippen LogP) is 19.8. The second kappa shape index (κ2) is 16.1. The summed E-state index contributed by atoms with van der Waals surface area (Å²) in [5.41, 5.74) is 19.3. The molecule has 2 aliphatic rings. The van der Waals surface area contributed by atoms with Gasteiger partial charge in [0.15, 0.2) is 11.2 Å². The summed E-state index contributed by atoms with van der Waals surface area (Å²) in [5, 5.41) is 10.6. The summed E-state index contributed by atoms with van der Waals surface area (Å²) in [6.07, 6.45) is 7.40. The minimum absolute atomic E-state index is 0.781. The van der Waals surface area contributed by atoms with Crippen LogP contribution >= 0.6 is 0 Å². The Morgan fingerprint density at radius 1 is 0.300 bits per heavy atom. The third-order valence-electron chi connectivity index (χ3n) is 17.2. The molecular formula is C73H42N4O3. The van der Waals surface area contributed by atoms with Crippen LogP contribution in [0.25, 0.3) is 110 Å². The van der Waals surface area contributed by atoms with Crippen molar-refractivity contribution in [3.63, 3.8) is 0 Å². The van der Waals surface area contributed by atoms with Crippen LogP contribution in [0.2, 0.25) is 0 Å². The maximum absolute atomic E-state index is 7.47. The van der Waals surface area contributed by atoms with Crippen molar-refractivity contribution in [1.82, 2.24) is 9.97 Å². The van der Waals surface area contributed by atoms with Crippen molar-refractivity contribution < 1.29 is 13.3 Å². The monoisotopic (exact) mass is 1020 g/mol. The molecule has 0 fully saturated rings. The fraction of sp³-hybridized carbons (Fsp3) is 0.0137. The van der Waals surface area contributed by atoms with Gasteiger partial charge in [0.05, 0.1) is 22.5 Å². The second-order valence-corrected chi connectivity index (χ2v) is 21.1. The fourth-order valence-corrected chi connectivity index (χ4v) is 14.1. The zero-order valence-electron chi connectivity index (χ0n) is 42.8. The summed E-state index contributed by atoms with van der Waals surface area (Å²) < 4.78 is 21.2. The Bertz CT molecular complexity index is 5240. The molecule has 1 spiro atoms. The summed E-state index contributed by atoms with van der Waals surface area (Å²) in [5.74, 6) is 0. The predicted molar refractivity (Wildman–Crippen MR) is 325 cm³/mol. The first-order chi connectivity index (χ1) is 39.7. The van der Waals surface area contributed by atoms with E-state index in [0.717, 1.165) is 133 Å². The minimum Gasteiger partial charge on any atom is -0.456 e. The van der Waals surface area contributed by atoms with E-state index < -0.39 is 5.41 Å². The molecule has 0 N–H and O–H groups in total. The number of fused-ring (bicyclic) bond motifs is 25. The van der Waals surface area contributed by atoms with Crippen molar-refractivity contribution in [2.45, 2.75) is 5.41 Å². The Morgan fingerprint density at radius 2 is 0.825 bits per heavy atom. The van der Waals surface area contributed by atoms with Crippen LogP contribution in [0.3, 0.4) is 0 Å². The Labute approximate surface area is 457 Å². The number of nitrogens with zero attached hydrogens (tertiary/aromatic N) is 4. The van der Waals surface area contributed by atoms with E-state index in [2.05, 4.69) is 238 Å². The molecule has 0 bridgehead atoms. The highest BCUT2D eigenvalue weighted by Crippen LogP contribution is 2.69. The molecule has 0 aliphatic heterocycles. The molecule has 80 heavy (non-hydrogen) atoms. The van der Waals surface area contributed by atoms with Crippen molar-refractivity contribution in [2.75, 3.05) is 9.80 Å². The van der Waals surface area contributed by atoms with E-state index >= 15 is 0 Å². The van der Waals surface area contributed by atoms with E-state index in [0.29, 0.717) is 0 Å². The van der Waals surface area contributed by atoms with Gasteiger partial charge >= 0.3 is 0 Å². The van der Waals surface area contributed by atoms with Crippen LogP contribution in [0.15, 0.2) is 269 Å². The molecule has 11 aromatic carbocycles. The topological polar surface area (TPSA) is 71.7 Å². The number of aromatic nitrogens is 2. The van der Waals surface area contributed by atoms with Gasteiger partial charge in [-0.05, 0) is 128 Å². The van der Waals surface area contributed by atoms with Gasteiger partial charge in [-0.3, -0.25) is 9.97 Å². The molecular weight excluding hydrogens is 981 g/mol. The molecule has 372 valence electrons. The van der Waals surface area contributed by atoms with Crippen molar-refractivity contribution in [3.05, 3.63) is 278 Å². The highest BCUT2D eigenvalue weighted by atomic mass is 16.3. The van der Waals surface area contributed by atoms with E-state index in [-0.39, 0.29) is 0 Å². The summed E-state index contributed by atoms with van der Waals surface area (Å²) in [6, 6.07) is 83.3. The Hall–Kier alpha value is -10.8. The maximum atomic E-state index is 7.47. The van der Waals surface area contributed by atoms with Gasteiger partial charge in [-0.2, -0.15) is 0 Å². The first kappa shape index (κ1) is 43.4. The molecule has 0 saturated carbocycles. The number of hydrogen-bond acceptors (Lipinski definition) is 7. The van der Waals surface area contributed by atoms with Crippen LogP contribution < -0.4 is 9.80 Å². The maximum Gasteiger partial charge on any atom is 0.159 e. The summed E-state index contributed by atoms with van der Waals surface area (Å²) in [7, 11) is 0. The van der Waals surface area contributed by atoms with Gasteiger partial charge in [0, 0.05) is 85.3 Å². The van der Waals surface area contributed by atoms with Crippen molar-refractivity contribution in [2.24, 2.45) is 0 Å². The van der Waals surface area contributed by atoms with Gasteiger partial charge in [0.25, 0.3) is 0 Å². The van der Waals surface area contributed by atoms with E-state index in [1.807, 2.05) is 24.5 Å². The number of hydrogen-bond donors (Lipinski definition) is 0. The fourth-order valence-electron chi connectivity index (χ4n) is 14.1. The second-order valence-electron chi connectivity index (χ2n) is 21.1. The normalized spacial score (nSPS) is 13.1. The third kappa shape index (κ3) is 5.66. The van der Waals surface area contributed by atoms with E-state index in [4.69, 9.17) is 13.3 Å². The molecule has 5 heterocycles. The van der Waals surface area contributed by atoms with Crippen molar-refractivity contribution >= 4 is 121 Å². The minimum atomic E-state index is -0.865. The van der Waals surface area contributed by atoms with E-state index in [1.54, 1.807) is 12.4 Å². The quantitative estimate of drug-likeness (QED) is 0.154. The van der Waals surface area contributed by atoms with Crippen molar-refractivity contribution in [1.29, 1.82) is 0 Å². The lowest BCUT2D eigenvalue weighted by molar-refractivity contribution is 0.653. The Kier molecular flexibility index (Phi) is 8.75. The third-order valence-corrected chi connectivity index (χ3v) is 17.2. The SMILES string of the molecule is c1ccc(N(c2ccc3c4c(c5ccccc5c3c2)-c2c(N(c3ccccc3)c3cccc5c3oc3ccncc35)cc3c(oc5ccccc53)c2C42c3ccccc3-c3ccccc32)c2cccc3c2oc2ccncc23)cc1. The van der Waals surface area contributed by atoms with Crippen LogP contribution in [0.1, 0.15) is 22.3 Å². The number of para-hydroxylation sites is 5. The molecule has 16 aromatic rings. The first-order valence-electron chi connectivity index (χ1n) is 27.1. The van der Waals surface area contributed by atoms with E-state index in [1.165, 1.54) is 33.4 Å². The molecule has 5 aromatic heterocycles. The molecule has 0 amide bonds. The molecule has 0 atom stereocenters.